The molecular formula is C39H64O5. The maximum atomic E-state index is 12.7. The molecule has 1 saturated heterocycles. The molecule has 4 bridgehead atoms. The van der Waals surface area contributed by atoms with Crippen molar-refractivity contribution >= 4 is 5.97 Å². The predicted molar refractivity (Wildman–Crippen MR) is 173 cm³/mol. The van der Waals surface area contributed by atoms with Gasteiger partial charge in [-0.2, -0.15) is 0 Å². The molecule has 0 aromatic carbocycles. The second-order valence-electron chi connectivity index (χ2n) is 18.6. The molecule has 250 valence electrons. The number of rotatable bonds is 8. The molecule has 6 aliphatic carbocycles. The van der Waals surface area contributed by atoms with Crippen LogP contribution in [0.2, 0.25) is 0 Å². The highest BCUT2D eigenvalue weighted by Crippen LogP contribution is 2.87. The Bertz CT molecular complexity index is 1160. The first-order valence-corrected chi connectivity index (χ1v) is 19.1. The fraction of sp³-hybridized carbons (Fsp3) is 0.974. The van der Waals surface area contributed by atoms with Crippen LogP contribution in [0.25, 0.3) is 0 Å². The Balaban J connectivity index is 1.38. The molecule has 5 heteroatoms. The number of carboxylic acid groups (broad SMARTS) is 1. The summed E-state index contributed by atoms with van der Waals surface area (Å²) in [6.45, 7) is 12.5. The molecule has 1 heterocycles. The lowest BCUT2D eigenvalue weighted by atomic mass is 9.22. The van der Waals surface area contributed by atoms with Crippen molar-refractivity contribution < 1.29 is 24.9 Å². The van der Waals surface area contributed by atoms with Gasteiger partial charge in [-0.05, 0) is 129 Å². The number of hydrogen-bond donors (Lipinski definition) is 3. The smallest absolute Gasteiger partial charge is 0.309 e. The summed E-state index contributed by atoms with van der Waals surface area (Å²) >= 11 is 0. The van der Waals surface area contributed by atoms with Crippen molar-refractivity contribution in [3.63, 3.8) is 0 Å². The number of carbonyl (C=O) groups is 1. The fourth-order valence-corrected chi connectivity index (χ4v) is 15.5. The highest BCUT2D eigenvalue weighted by molar-refractivity contribution is 5.74. The van der Waals surface area contributed by atoms with Gasteiger partial charge in [-0.1, -0.05) is 66.2 Å². The number of ether oxygens (including phenoxy) is 1. The summed E-state index contributed by atoms with van der Waals surface area (Å²) in [7, 11) is 0. The standard InChI is InChI=1S/C39H64O5/c1-6-8-9-10-13-37-22-21-36-14-11-15-38(37,23-20-35-26-44-39(43,28(35)12-7-2)24-27(40)30(35)37)34(36,5)19-18-32(3)16-17-33(4,31(41)42)25-29(32)36/h27-30,40,43H,6-26H2,1-5H3,(H,41,42)/t27-,28+,29+,30+,32+,33+,34-,35-,36-,37-,38+,39-/m0/s1. The van der Waals surface area contributed by atoms with Gasteiger partial charge >= 0.3 is 5.97 Å². The first-order chi connectivity index (χ1) is 20.8. The van der Waals surface area contributed by atoms with Gasteiger partial charge in [0.15, 0.2) is 5.79 Å². The first kappa shape index (κ1) is 31.9. The van der Waals surface area contributed by atoms with Crippen LogP contribution in [0.3, 0.4) is 0 Å². The molecule has 0 aromatic heterocycles. The van der Waals surface area contributed by atoms with Crippen molar-refractivity contribution in [1.29, 1.82) is 0 Å². The molecule has 6 saturated carbocycles. The highest BCUT2D eigenvalue weighted by atomic mass is 16.6. The number of carboxylic acids is 1. The van der Waals surface area contributed by atoms with Gasteiger partial charge in [-0.25, -0.2) is 0 Å². The maximum Gasteiger partial charge on any atom is 0.309 e. The van der Waals surface area contributed by atoms with E-state index in [1.807, 2.05) is 0 Å². The van der Waals surface area contributed by atoms with Gasteiger partial charge in [-0.3, -0.25) is 4.79 Å². The van der Waals surface area contributed by atoms with Crippen LogP contribution in [0.15, 0.2) is 0 Å². The summed E-state index contributed by atoms with van der Waals surface area (Å²) in [5.41, 5.74) is 0.0206. The number of fused-ring (bicyclic) bond motifs is 3. The van der Waals surface area contributed by atoms with Crippen molar-refractivity contribution in [3.05, 3.63) is 0 Å². The molecule has 0 radical (unpaired) electrons. The van der Waals surface area contributed by atoms with E-state index in [-0.39, 0.29) is 44.3 Å². The molecular weight excluding hydrogens is 548 g/mol. The number of aliphatic carboxylic acids is 1. The zero-order valence-electron chi connectivity index (χ0n) is 28.8. The molecule has 7 fully saturated rings. The minimum atomic E-state index is -1.18. The third-order valence-electron chi connectivity index (χ3n) is 17.5. The SMILES string of the molecule is CCCCCC[C@@]12CC[C@]34CCC[C@@]1(CC[C@@]15CO[C@@](O)(C[C@H](O)[C@H]12)[C@@H]5CCC)[C@@]3(C)CC[C@@]1(C)CC[C@@](C)(C(=O)O)C[C@H]14. The summed E-state index contributed by atoms with van der Waals surface area (Å²) in [4.78, 5) is 12.7. The van der Waals surface area contributed by atoms with Crippen LogP contribution in [0.4, 0.5) is 0 Å². The van der Waals surface area contributed by atoms with Gasteiger partial charge in [0, 0.05) is 17.8 Å². The minimum Gasteiger partial charge on any atom is -0.481 e. The van der Waals surface area contributed by atoms with Crippen molar-refractivity contribution in [2.75, 3.05) is 6.61 Å². The van der Waals surface area contributed by atoms with Crippen molar-refractivity contribution in [2.24, 2.45) is 55.7 Å². The van der Waals surface area contributed by atoms with Gasteiger partial charge < -0.3 is 20.1 Å². The normalized spacial score (nSPS) is 55.8. The monoisotopic (exact) mass is 612 g/mol. The second kappa shape index (κ2) is 10.2. The number of unbranched alkanes of at least 4 members (excludes halogenated alkanes) is 3. The quantitative estimate of drug-likeness (QED) is 0.238. The topological polar surface area (TPSA) is 87.0 Å². The molecule has 7 aliphatic rings. The lowest BCUT2D eigenvalue weighted by molar-refractivity contribution is -0.351. The summed E-state index contributed by atoms with van der Waals surface area (Å²) in [6.07, 6.45) is 21.7. The molecule has 1 aliphatic heterocycles. The molecule has 5 nitrogen and oxygen atoms in total. The Kier molecular flexibility index (Phi) is 7.38. The second-order valence-corrected chi connectivity index (χ2v) is 18.6. The van der Waals surface area contributed by atoms with Gasteiger partial charge in [0.2, 0.25) is 0 Å². The summed E-state index contributed by atoms with van der Waals surface area (Å²) in [6, 6.07) is 0. The van der Waals surface area contributed by atoms with Gasteiger partial charge in [0.1, 0.15) is 0 Å². The van der Waals surface area contributed by atoms with Crippen LogP contribution in [0.1, 0.15) is 163 Å². The Hall–Kier alpha value is -0.650. The van der Waals surface area contributed by atoms with Crippen LogP contribution in [-0.4, -0.2) is 39.8 Å². The van der Waals surface area contributed by atoms with Gasteiger partial charge in [-0.15, -0.1) is 0 Å². The van der Waals surface area contributed by atoms with Crippen molar-refractivity contribution in [1.82, 2.24) is 0 Å². The van der Waals surface area contributed by atoms with E-state index >= 15 is 0 Å². The zero-order valence-corrected chi connectivity index (χ0v) is 28.8. The maximum absolute atomic E-state index is 12.7. The van der Waals surface area contributed by atoms with E-state index in [2.05, 4.69) is 34.6 Å². The van der Waals surface area contributed by atoms with Gasteiger partial charge in [0.25, 0.3) is 0 Å². The largest absolute Gasteiger partial charge is 0.481 e. The van der Waals surface area contributed by atoms with Crippen LogP contribution < -0.4 is 0 Å². The Morgan fingerprint density at radius 1 is 0.841 bits per heavy atom. The van der Waals surface area contributed by atoms with Crippen molar-refractivity contribution in [2.45, 2.75) is 175 Å². The molecule has 3 N–H and O–H groups in total. The number of aliphatic hydroxyl groups excluding tert-OH is 1. The van der Waals surface area contributed by atoms with Crippen LogP contribution in [0.5, 0.6) is 0 Å². The molecule has 7 rings (SSSR count). The molecule has 0 aromatic rings. The van der Waals surface area contributed by atoms with Crippen molar-refractivity contribution in [3.8, 4) is 0 Å². The fourth-order valence-electron chi connectivity index (χ4n) is 15.5. The average Bonchev–Trinajstić information content (AvgIpc) is 3.16. The van der Waals surface area contributed by atoms with E-state index in [0.29, 0.717) is 18.9 Å². The molecule has 2 spiro atoms. The number of aliphatic hydroxyl groups is 2. The van der Waals surface area contributed by atoms with E-state index in [1.54, 1.807) is 0 Å². The minimum absolute atomic E-state index is 0.0522. The Labute approximate surface area is 267 Å². The molecule has 0 unspecified atom stereocenters. The predicted octanol–water partition coefficient (Wildman–Crippen LogP) is 8.89. The highest BCUT2D eigenvalue weighted by Gasteiger charge is 2.82. The van der Waals surface area contributed by atoms with Gasteiger partial charge in [0.05, 0.1) is 18.1 Å². The summed E-state index contributed by atoms with van der Waals surface area (Å²) in [5, 5.41) is 34.7. The van der Waals surface area contributed by atoms with E-state index in [0.717, 1.165) is 38.5 Å². The van der Waals surface area contributed by atoms with E-state index in [4.69, 9.17) is 4.74 Å². The summed E-state index contributed by atoms with van der Waals surface area (Å²) in [5.74, 6) is -1.01. The van der Waals surface area contributed by atoms with E-state index in [1.165, 1.54) is 83.5 Å². The third-order valence-corrected chi connectivity index (χ3v) is 17.5. The average molecular weight is 613 g/mol. The van der Waals surface area contributed by atoms with E-state index in [9.17, 15) is 20.1 Å². The Morgan fingerprint density at radius 3 is 2.34 bits per heavy atom. The first-order valence-electron chi connectivity index (χ1n) is 19.1. The Morgan fingerprint density at radius 2 is 1.61 bits per heavy atom. The molecule has 44 heavy (non-hydrogen) atoms. The summed E-state index contributed by atoms with van der Waals surface area (Å²) < 4.78 is 6.43. The van der Waals surface area contributed by atoms with Crippen LogP contribution in [-0.2, 0) is 9.53 Å². The van der Waals surface area contributed by atoms with Crippen LogP contribution in [0, 0.1) is 55.7 Å². The van der Waals surface area contributed by atoms with Crippen LogP contribution >= 0.6 is 0 Å². The van der Waals surface area contributed by atoms with E-state index < -0.39 is 23.3 Å². The lowest BCUT2D eigenvalue weighted by Gasteiger charge is -2.82. The molecule has 0 amide bonds. The molecule has 12 atom stereocenters. The third kappa shape index (κ3) is 3.67. The number of hydrogen-bond acceptors (Lipinski definition) is 4. The lowest BCUT2D eigenvalue weighted by Crippen LogP contribution is -2.77. The zero-order chi connectivity index (χ0) is 31.4.